The van der Waals surface area contributed by atoms with Gasteiger partial charge in [-0.1, -0.05) is 49.6 Å². The molecule has 216 valence electrons. The Bertz CT molecular complexity index is 1570. The number of carbonyl (C=O) groups is 3. The molecule has 0 fully saturated rings. The second-order valence-electron chi connectivity index (χ2n) is 10.1. The van der Waals surface area contributed by atoms with Crippen LogP contribution in [-0.4, -0.2) is 41.1 Å². The number of aliphatic hydroxyl groups is 1. The number of fused-ring (bicyclic) bond motifs is 1. The highest BCUT2D eigenvalue weighted by Gasteiger charge is 2.36. The number of hydrogen-bond acceptors (Lipinski definition) is 6. The topological polar surface area (TPSA) is 116 Å². The Morgan fingerprint density at radius 3 is 2.36 bits per heavy atom. The van der Waals surface area contributed by atoms with Gasteiger partial charge in [0.2, 0.25) is 0 Å². The standard InChI is InChI=1S/C33H32N2O6S/c36-27-21-35(25-15-11-22(12-16-25)29-20-23-8-5-6-9-28(23)42-29)33(40)31(27)32(39)34-24-13-17-26(18-14-24)41-19-7-3-1-2-4-10-30(37)38/h5-6,8-9,11-18,20,36H,1-4,7,10,19,21H2,(H,34,39)(H,37,38). The molecule has 0 bridgehead atoms. The average molecular weight is 585 g/mol. The first kappa shape index (κ1) is 28.9. The van der Waals surface area contributed by atoms with E-state index in [-0.39, 0.29) is 24.3 Å². The van der Waals surface area contributed by atoms with E-state index in [0.717, 1.165) is 36.1 Å². The SMILES string of the molecule is O=C(O)CCCCCCCOc1ccc(NC(=O)C2=C(O)CN(c3ccc(-c4cc5ccccc5s4)cc3)C2=O)cc1. The van der Waals surface area contributed by atoms with Crippen molar-refractivity contribution >= 4 is 50.6 Å². The number of carbonyl (C=O) groups excluding carboxylic acids is 2. The number of nitrogens with zero attached hydrogens (tertiary/aromatic N) is 1. The van der Waals surface area contributed by atoms with Gasteiger partial charge in [0.25, 0.3) is 11.8 Å². The van der Waals surface area contributed by atoms with Crippen LogP contribution in [0.25, 0.3) is 20.5 Å². The number of hydrogen-bond donors (Lipinski definition) is 3. The molecule has 0 saturated carbocycles. The van der Waals surface area contributed by atoms with Crippen molar-refractivity contribution in [1.29, 1.82) is 0 Å². The molecule has 0 unspecified atom stereocenters. The maximum Gasteiger partial charge on any atom is 0.303 e. The first-order valence-electron chi connectivity index (χ1n) is 14.0. The van der Waals surface area contributed by atoms with Gasteiger partial charge < -0.3 is 25.2 Å². The van der Waals surface area contributed by atoms with Crippen molar-refractivity contribution in [3.8, 4) is 16.2 Å². The molecule has 0 spiro atoms. The number of nitrogens with one attached hydrogen (secondary N) is 1. The minimum Gasteiger partial charge on any atom is -0.509 e. The first-order chi connectivity index (χ1) is 20.4. The molecule has 8 nitrogen and oxygen atoms in total. The molecule has 2 heterocycles. The largest absolute Gasteiger partial charge is 0.509 e. The number of amides is 2. The molecule has 1 aromatic heterocycles. The zero-order valence-electron chi connectivity index (χ0n) is 23.0. The van der Waals surface area contributed by atoms with Gasteiger partial charge in [-0.3, -0.25) is 14.4 Å². The fourth-order valence-electron chi connectivity index (χ4n) is 4.85. The lowest BCUT2D eigenvalue weighted by Crippen LogP contribution is -2.30. The van der Waals surface area contributed by atoms with Gasteiger partial charge in [0.05, 0.1) is 13.2 Å². The normalized spacial score (nSPS) is 13.1. The summed E-state index contributed by atoms with van der Waals surface area (Å²) in [6.07, 6.45) is 4.61. The van der Waals surface area contributed by atoms with E-state index in [1.54, 1.807) is 35.6 Å². The number of rotatable bonds is 13. The highest BCUT2D eigenvalue weighted by atomic mass is 32.1. The maximum absolute atomic E-state index is 13.1. The number of carboxylic acids is 1. The molecule has 0 aliphatic carbocycles. The van der Waals surface area contributed by atoms with Crippen LogP contribution in [0.2, 0.25) is 0 Å². The molecular formula is C33H32N2O6S. The second kappa shape index (κ2) is 13.4. The monoisotopic (exact) mass is 584 g/mol. The summed E-state index contributed by atoms with van der Waals surface area (Å²) < 4.78 is 6.95. The van der Waals surface area contributed by atoms with Crippen molar-refractivity contribution in [2.24, 2.45) is 0 Å². The Morgan fingerprint density at radius 1 is 0.905 bits per heavy atom. The lowest BCUT2D eigenvalue weighted by atomic mass is 10.1. The van der Waals surface area contributed by atoms with Crippen LogP contribution in [0.1, 0.15) is 38.5 Å². The molecule has 0 saturated heterocycles. The van der Waals surface area contributed by atoms with Crippen molar-refractivity contribution in [1.82, 2.24) is 0 Å². The number of thiophene rings is 1. The summed E-state index contributed by atoms with van der Waals surface area (Å²) in [5, 5.41) is 23.1. The van der Waals surface area contributed by atoms with E-state index in [0.29, 0.717) is 30.2 Å². The Balaban J connectivity index is 1.11. The fraction of sp³-hybridized carbons (Fsp3) is 0.242. The quantitative estimate of drug-likeness (QED) is 0.113. The zero-order chi connectivity index (χ0) is 29.5. The van der Waals surface area contributed by atoms with Gasteiger partial charge in [0.15, 0.2) is 0 Å². The van der Waals surface area contributed by atoms with E-state index >= 15 is 0 Å². The summed E-state index contributed by atoms with van der Waals surface area (Å²) in [4.78, 5) is 39.1. The number of aliphatic carboxylic acids is 1. The van der Waals surface area contributed by atoms with E-state index in [2.05, 4.69) is 23.5 Å². The van der Waals surface area contributed by atoms with Gasteiger partial charge in [-0.15, -0.1) is 11.3 Å². The number of benzene rings is 3. The third kappa shape index (κ3) is 6.98. The molecule has 2 amide bonds. The molecule has 0 radical (unpaired) electrons. The van der Waals surface area contributed by atoms with E-state index < -0.39 is 17.8 Å². The molecule has 1 aliphatic heterocycles. The molecule has 3 N–H and O–H groups in total. The minimum atomic E-state index is -0.756. The van der Waals surface area contributed by atoms with Crippen molar-refractivity contribution < 1.29 is 29.3 Å². The number of carboxylic acid groups (broad SMARTS) is 1. The number of aliphatic hydroxyl groups excluding tert-OH is 1. The van der Waals surface area contributed by atoms with E-state index in [1.165, 1.54) is 15.0 Å². The van der Waals surface area contributed by atoms with Crippen LogP contribution in [0.5, 0.6) is 5.75 Å². The Kier molecular flexibility index (Phi) is 9.18. The lowest BCUT2D eigenvalue weighted by Gasteiger charge is -2.16. The molecule has 1 aliphatic rings. The lowest BCUT2D eigenvalue weighted by molar-refractivity contribution is -0.137. The van der Waals surface area contributed by atoms with Gasteiger partial charge in [-0.25, -0.2) is 0 Å². The van der Waals surface area contributed by atoms with Crippen molar-refractivity contribution in [2.45, 2.75) is 38.5 Å². The predicted molar refractivity (Wildman–Crippen MR) is 165 cm³/mol. The summed E-state index contributed by atoms with van der Waals surface area (Å²) in [6, 6.07) is 24.7. The minimum absolute atomic E-state index is 0.0733. The van der Waals surface area contributed by atoms with E-state index in [1.807, 2.05) is 36.4 Å². The molecular weight excluding hydrogens is 552 g/mol. The average Bonchev–Trinajstić information content (AvgIpc) is 3.55. The molecule has 5 rings (SSSR count). The molecule has 3 aromatic carbocycles. The summed E-state index contributed by atoms with van der Waals surface area (Å²) >= 11 is 1.70. The van der Waals surface area contributed by atoms with Crippen LogP contribution in [0.3, 0.4) is 0 Å². The van der Waals surface area contributed by atoms with E-state index in [9.17, 15) is 19.5 Å². The highest BCUT2D eigenvalue weighted by molar-refractivity contribution is 7.22. The summed E-state index contributed by atoms with van der Waals surface area (Å²) in [5.41, 5.74) is 1.83. The summed E-state index contributed by atoms with van der Waals surface area (Å²) in [6.45, 7) is 0.469. The molecule has 0 atom stereocenters. The first-order valence-corrected chi connectivity index (χ1v) is 14.8. The maximum atomic E-state index is 13.1. The van der Waals surface area contributed by atoms with Crippen molar-refractivity contribution in [3.63, 3.8) is 0 Å². The number of unbranched alkanes of at least 4 members (excludes halogenated alkanes) is 4. The van der Waals surface area contributed by atoms with E-state index in [4.69, 9.17) is 9.84 Å². The van der Waals surface area contributed by atoms with Crippen molar-refractivity contribution in [2.75, 3.05) is 23.4 Å². The zero-order valence-corrected chi connectivity index (χ0v) is 23.9. The van der Waals surface area contributed by atoms with Crippen LogP contribution < -0.4 is 15.0 Å². The summed E-state index contributed by atoms with van der Waals surface area (Å²) in [5.74, 6) is -1.59. The molecule has 9 heteroatoms. The van der Waals surface area contributed by atoms with Gasteiger partial charge in [0, 0.05) is 27.4 Å². The smallest absolute Gasteiger partial charge is 0.303 e. The van der Waals surface area contributed by atoms with Gasteiger partial charge in [-0.2, -0.15) is 0 Å². The van der Waals surface area contributed by atoms with Crippen LogP contribution in [0, 0.1) is 0 Å². The fourth-order valence-corrected chi connectivity index (χ4v) is 5.92. The Labute approximate surface area is 247 Å². The third-order valence-electron chi connectivity index (χ3n) is 7.09. The van der Waals surface area contributed by atoms with Crippen LogP contribution in [0.4, 0.5) is 11.4 Å². The van der Waals surface area contributed by atoms with Crippen LogP contribution in [-0.2, 0) is 14.4 Å². The highest BCUT2D eigenvalue weighted by Crippen LogP contribution is 2.35. The molecule has 42 heavy (non-hydrogen) atoms. The second-order valence-corrected chi connectivity index (χ2v) is 11.2. The third-order valence-corrected chi connectivity index (χ3v) is 8.25. The Hall–Kier alpha value is -4.63. The number of ether oxygens (including phenoxy) is 1. The van der Waals surface area contributed by atoms with Crippen LogP contribution >= 0.6 is 11.3 Å². The van der Waals surface area contributed by atoms with Gasteiger partial charge in [-0.05, 0) is 72.3 Å². The molecule has 4 aromatic rings. The summed E-state index contributed by atoms with van der Waals surface area (Å²) in [7, 11) is 0. The van der Waals surface area contributed by atoms with Crippen LogP contribution in [0.15, 0.2) is 90.2 Å². The Morgan fingerprint density at radius 2 is 1.62 bits per heavy atom. The predicted octanol–water partition coefficient (Wildman–Crippen LogP) is 7.17. The van der Waals surface area contributed by atoms with Gasteiger partial charge in [0.1, 0.15) is 17.1 Å². The number of anilines is 2. The van der Waals surface area contributed by atoms with Crippen molar-refractivity contribution in [3.05, 3.63) is 90.2 Å². The van der Waals surface area contributed by atoms with Gasteiger partial charge >= 0.3 is 5.97 Å².